The number of carbonyl (C=O) groups excluding carboxylic acids is 1. The molecular formula is C18H23NO3. The third-order valence-electron chi connectivity index (χ3n) is 5.44. The first kappa shape index (κ1) is 15.1. The maximum absolute atomic E-state index is 12.6. The number of amides is 1. The van der Waals surface area contributed by atoms with Crippen LogP contribution >= 0.6 is 0 Å². The molecule has 1 aromatic carbocycles. The van der Waals surface area contributed by atoms with E-state index in [0.29, 0.717) is 0 Å². The van der Waals surface area contributed by atoms with Crippen LogP contribution in [0.2, 0.25) is 0 Å². The van der Waals surface area contributed by atoms with E-state index in [2.05, 4.69) is 5.32 Å². The highest BCUT2D eigenvalue weighted by Crippen LogP contribution is 2.52. The molecule has 2 saturated carbocycles. The van der Waals surface area contributed by atoms with Gasteiger partial charge in [0.05, 0.1) is 17.9 Å². The van der Waals surface area contributed by atoms with E-state index in [4.69, 9.17) is 0 Å². The molecule has 0 spiro atoms. The van der Waals surface area contributed by atoms with E-state index in [9.17, 15) is 14.7 Å². The Hall–Kier alpha value is -1.84. The van der Waals surface area contributed by atoms with Crippen LogP contribution in [-0.4, -0.2) is 17.0 Å². The molecule has 1 amide bonds. The number of fused-ring (bicyclic) bond motifs is 2. The van der Waals surface area contributed by atoms with Gasteiger partial charge in [0.25, 0.3) is 0 Å². The number of hydrogen-bond acceptors (Lipinski definition) is 2. The second-order valence-electron chi connectivity index (χ2n) is 6.86. The topological polar surface area (TPSA) is 66.4 Å². The summed E-state index contributed by atoms with van der Waals surface area (Å²) >= 11 is 0. The molecule has 0 aromatic heterocycles. The molecule has 3 rings (SSSR count). The molecule has 22 heavy (non-hydrogen) atoms. The van der Waals surface area contributed by atoms with Crippen molar-refractivity contribution in [2.75, 3.05) is 0 Å². The summed E-state index contributed by atoms with van der Waals surface area (Å²) in [4.78, 5) is 24.1. The van der Waals surface area contributed by atoms with Gasteiger partial charge in [-0.2, -0.15) is 0 Å². The molecule has 0 radical (unpaired) electrons. The van der Waals surface area contributed by atoms with Gasteiger partial charge in [-0.3, -0.25) is 9.59 Å². The number of aryl methyl sites for hydroxylation is 1. The van der Waals surface area contributed by atoms with Crippen molar-refractivity contribution < 1.29 is 14.7 Å². The molecule has 0 unspecified atom stereocenters. The molecule has 4 heteroatoms. The maximum Gasteiger partial charge on any atom is 0.307 e. The first-order valence-corrected chi connectivity index (χ1v) is 8.07. The Kier molecular flexibility index (Phi) is 3.94. The monoisotopic (exact) mass is 301 g/mol. The van der Waals surface area contributed by atoms with Crippen LogP contribution in [0.25, 0.3) is 0 Å². The Morgan fingerprint density at radius 3 is 2.32 bits per heavy atom. The van der Waals surface area contributed by atoms with Gasteiger partial charge in [0.15, 0.2) is 0 Å². The van der Waals surface area contributed by atoms with E-state index in [1.165, 1.54) is 5.56 Å². The molecule has 118 valence electrons. The minimum absolute atomic E-state index is 0.0901. The Morgan fingerprint density at radius 2 is 1.73 bits per heavy atom. The van der Waals surface area contributed by atoms with E-state index >= 15 is 0 Å². The van der Waals surface area contributed by atoms with Crippen molar-refractivity contribution >= 4 is 11.9 Å². The standard InChI is InChI=1S/C18H23NO3/c1-10-3-5-12(6-4-10)11(2)19-17(20)15-13-7-8-14(9-13)16(15)18(21)22/h3-6,11,13-16H,7-9H2,1-2H3,(H,19,20)(H,21,22)/t11-,13+,14-,15-,16-/m0/s1. The fourth-order valence-electron chi connectivity index (χ4n) is 4.27. The third-order valence-corrected chi connectivity index (χ3v) is 5.44. The van der Waals surface area contributed by atoms with Gasteiger partial charge in [-0.15, -0.1) is 0 Å². The quantitative estimate of drug-likeness (QED) is 0.898. The number of rotatable bonds is 4. The molecule has 2 N–H and O–H groups in total. The molecule has 0 saturated heterocycles. The number of carboxylic acid groups (broad SMARTS) is 1. The van der Waals surface area contributed by atoms with E-state index < -0.39 is 11.9 Å². The van der Waals surface area contributed by atoms with Crippen LogP contribution < -0.4 is 5.32 Å². The summed E-state index contributed by atoms with van der Waals surface area (Å²) in [6.45, 7) is 3.98. The fraction of sp³-hybridized carbons (Fsp3) is 0.556. The number of nitrogens with one attached hydrogen (secondary N) is 1. The number of hydrogen-bond donors (Lipinski definition) is 2. The van der Waals surface area contributed by atoms with Gasteiger partial charge in [0.2, 0.25) is 5.91 Å². The average Bonchev–Trinajstić information content (AvgIpc) is 3.08. The smallest absolute Gasteiger partial charge is 0.307 e. The summed E-state index contributed by atoms with van der Waals surface area (Å²) in [5.41, 5.74) is 2.23. The highest BCUT2D eigenvalue weighted by atomic mass is 16.4. The number of aliphatic carboxylic acids is 1. The van der Waals surface area contributed by atoms with Crippen molar-refractivity contribution in [1.82, 2.24) is 5.32 Å². The predicted molar refractivity (Wildman–Crippen MR) is 83.2 cm³/mol. The minimum Gasteiger partial charge on any atom is -0.481 e. The van der Waals surface area contributed by atoms with Gasteiger partial charge < -0.3 is 10.4 Å². The molecule has 4 nitrogen and oxygen atoms in total. The Labute approximate surface area is 130 Å². The summed E-state index contributed by atoms with van der Waals surface area (Å²) in [7, 11) is 0. The SMILES string of the molecule is Cc1ccc([C@H](C)NC(=O)[C@H]2[C@@H]3CC[C@@H](C3)[C@@H]2C(=O)O)cc1. The van der Waals surface area contributed by atoms with E-state index in [1.54, 1.807) is 0 Å². The van der Waals surface area contributed by atoms with Crippen LogP contribution in [0.3, 0.4) is 0 Å². The summed E-state index contributed by atoms with van der Waals surface area (Å²) < 4.78 is 0. The van der Waals surface area contributed by atoms with Crippen molar-refractivity contribution in [2.45, 2.75) is 39.2 Å². The van der Waals surface area contributed by atoms with Crippen LogP contribution in [0.5, 0.6) is 0 Å². The lowest BCUT2D eigenvalue weighted by Crippen LogP contribution is -2.42. The molecule has 2 bridgehead atoms. The van der Waals surface area contributed by atoms with Crippen molar-refractivity contribution in [3.8, 4) is 0 Å². The fourth-order valence-corrected chi connectivity index (χ4v) is 4.27. The van der Waals surface area contributed by atoms with Crippen LogP contribution in [0.1, 0.15) is 43.4 Å². The zero-order chi connectivity index (χ0) is 15.9. The molecule has 2 aliphatic rings. The Morgan fingerprint density at radius 1 is 1.14 bits per heavy atom. The highest BCUT2D eigenvalue weighted by Gasteiger charge is 2.54. The molecular weight excluding hydrogens is 278 g/mol. The van der Waals surface area contributed by atoms with E-state index in [1.807, 2.05) is 38.1 Å². The largest absolute Gasteiger partial charge is 0.481 e. The van der Waals surface area contributed by atoms with Gasteiger partial charge in [-0.1, -0.05) is 29.8 Å². The molecule has 5 atom stereocenters. The van der Waals surface area contributed by atoms with Crippen LogP contribution in [0, 0.1) is 30.6 Å². The molecule has 2 aliphatic carbocycles. The molecule has 1 aromatic rings. The number of benzene rings is 1. The van der Waals surface area contributed by atoms with Crippen LogP contribution in [0.15, 0.2) is 24.3 Å². The average molecular weight is 301 g/mol. The number of carbonyl (C=O) groups is 2. The first-order chi connectivity index (χ1) is 10.5. The van der Waals surface area contributed by atoms with Crippen molar-refractivity contribution in [3.05, 3.63) is 35.4 Å². The molecule has 2 fully saturated rings. The van der Waals surface area contributed by atoms with Crippen molar-refractivity contribution in [1.29, 1.82) is 0 Å². The highest BCUT2D eigenvalue weighted by molar-refractivity contribution is 5.86. The van der Waals surface area contributed by atoms with Gasteiger partial charge in [0.1, 0.15) is 0 Å². The molecule has 0 heterocycles. The zero-order valence-corrected chi connectivity index (χ0v) is 13.1. The lowest BCUT2D eigenvalue weighted by atomic mass is 9.78. The van der Waals surface area contributed by atoms with Gasteiger partial charge in [0, 0.05) is 0 Å². The van der Waals surface area contributed by atoms with Crippen molar-refractivity contribution in [3.63, 3.8) is 0 Å². The first-order valence-electron chi connectivity index (χ1n) is 8.07. The lowest BCUT2D eigenvalue weighted by Gasteiger charge is -2.28. The summed E-state index contributed by atoms with van der Waals surface area (Å²) in [6, 6.07) is 7.97. The Bertz CT molecular complexity index is 580. The van der Waals surface area contributed by atoms with Crippen molar-refractivity contribution in [2.24, 2.45) is 23.7 Å². The van der Waals surface area contributed by atoms with Crippen LogP contribution in [-0.2, 0) is 9.59 Å². The minimum atomic E-state index is -0.810. The second kappa shape index (κ2) is 5.75. The second-order valence-corrected chi connectivity index (χ2v) is 6.86. The van der Waals surface area contributed by atoms with E-state index in [-0.39, 0.29) is 29.7 Å². The van der Waals surface area contributed by atoms with Crippen LogP contribution in [0.4, 0.5) is 0 Å². The lowest BCUT2D eigenvalue weighted by molar-refractivity contribution is -0.149. The van der Waals surface area contributed by atoms with Gasteiger partial charge >= 0.3 is 5.97 Å². The third kappa shape index (κ3) is 2.62. The summed E-state index contributed by atoms with van der Waals surface area (Å²) in [5.74, 6) is -1.32. The normalized spacial score (nSPS) is 31.0. The molecule has 0 aliphatic heterocycles. The Balaban J connectivity index is 1.71. The summed E-state index contributed by atoms with van der Waals surface area (Å²) in [6.07, 6.45) is 2.85. The zero-order valence-electron chi connectivity index (χ0n) is 13.1. The van der Waals surface area contributed by atoms with Gasteiger partial charge in [-0.05, 0) is 50.5 Å². The van der Waals surface area contributed by atoms with Gasteiger partial charge in [-0.25, -0.2) is 0 Å². The van der Waals surface area contributed by atoms with E-state index in [0.717, 1.165) is 24.8 Å². The predicted octanol–water partition coefficient (Wildman–Crippen LogP) is 2.92. The number of carboxylic acids is 1. The maximum atomic E-state index is 12.6. The summed E-state index contributed by atoms with van der Waals surface area (Å²) in [5, 5.41) is 12.5.